The number of nitrogens with zero attached hydrogens (tertiary/aromatic N) is 4. The molecule has 2 aliphatic carbocycles. The number of nitrogens with one attached hydrogen (secondary N) is 3. The number of aromatic nitrogens is 4. The molecule has 3 N–H and O–H groups in total. The van der Waals surface area contributed by atoms with E-state index in [-0.39, 0.29) is 52.5 Å². The molecule has 2 spiro atoms. The maximum Gasteiger partial charge on any atom is 0.407 e. The summed E-state index contributed by atoms with van der Waals surface area (Å²) in [6.45, 7) is 9.53. The molecule has 5 aromatic rings. The number of alkyl carbamates (subject to hydrolysis) is 1. The Kier molecular flexibility index (Phi) is 9.85. The van der Waals surface area contributed by atoms with Gasteiger partial charge in [-0.05, 0) is 103 Å². The molecule has 9 rings (SSSR count). The predicted octanol–water partition coefficient (Wildman–Crippen LogP) is 8.28. The van der Waals surface area contributed by atoms with E-state index in [0.717, 1.165) is 77.3 Å². The van der Waals surface area contributed by atoms with Crippen LogP contribution in [-0.4, -0.2) is 73.9 Å². The van der Waals surface area contributed by atoms with Crippen LogP contribution in [0.5, 0.6) is 0 Å². The summed E-state index contributed by atoms with van der Waals surface area (Å²) >= 11 is 0. The molecule has 2 aliphatic heterocycles. The molecule has 304 valence electrons. The maximum absolute atomic E-state index is 14.1. The number of likely N-dealkylation sites (tertiary alicyclic amines) is 2. The SMILES string of the molecule is COC(=O)N[C@H](C(=O)N1CC2(CC2)C[C@H]1c1ncc(-c2ccc(C#Cc3ccc4nc([C@@H]5CC6(CC6)CN5C(=O)[C@@H](C)C(C)c5ccccc5)[nH]c4c3)cc2)[nH]1)C(C)C. The molecule has 11 nitrogen and oxygen atoms in total. The summed E-state index contributed by atoms with van der Waals surface area (Å²) in [4.78, 5) is 60.9. The van der Waals surface area contributed by atoms with Crippen molar-refractivity contribution in [1.29, 1.82) is 0 Å². The Morgan fingerprint density at radius 2 is 1.42 bits per heavy atom. The number of carbonyl (C=O) groups excluding carboxylic acids is 3. The van der Waals surface area contributed by atoms with Gasteiger partial charge >= 0.3 is 6.09 Å². The topological polar surface area (TPSA) is 136 Å². The Hall–Kier alpha value is -5.89. The molecule has 4 fully saturated rings. The van der Waals surface area contributed by atoms with Crippen molar-refractivity contribution >= 4 is 28.9 Å². The largest absolute Gasteiger partial charge is 0.453 e. The number of ether oxygens (including phenoxy) is 1. The average Bonchev–Trinajstić information content (AvgIpc) is 3.87. The molecule has 1 unspecified atom stereocenters. The Balaban J connectivity index is 0.882. The molecule has 5 atom stereocenters. The molecule has 0 bridgehead atoms. The van der Waals surface area contributed by atoms with Gasteiger partial charge in [-0.2, -0.15) is 0 Å². The van der Waals surface area contributed by atoms with Crippen molar-refractivity contribution < 1.29 is 19.1 Å². The molecule has 2 saturated heterocycles. The van der Waals surface area contributed by atoms with Gasteiger partial charge in [-0.1, -0.05) is 82.0 Å². The van der Waals surface area contributed by atoms with Gasteiger partial charge in [-0.3, -0.25) is 9.59 Å². The summed E-state index contributed by atoms with van der Waals surface area (Å²) < 4.78 is 4.81. The Bertz CT molecular complexity index is 2450. The number of hydrogen-bond donors (Lipinski definition) is 3. The molecular weight excluding hydrogens is 739 g/mol. The minimum atomic E-state index is -0.681. The van der Waals surface area contributed by atoms with Crippen molar-refractivity contribution in [2.75, 3.05) is 20.2 Å². The third-order valence-corrected chi connectivity index (χ3v) is 13.6. The number of methoxy groups -OCH3 is 1. The van der Waals surface area contributed by atoms with Gasteiger partial charge in [-0.15, -0.1) is 0 Å². The van der Waals surface area contributed by atoms with E-state index in [1.54, 1.807) is 0 Å². The Morgan fingerprint density at radius 1 is 0.797 bits per heavy atom. The van der Waals surface area contributed by atoms with Crippen LogP contribution in [0.15, 0.2) is 79.0 Å². The van der Waals surface area contributed by atoms with Gasteiger partial charge in [0.15, 0.2) is 0 Å². The highest BCUT2D eigenvalue weighted by Gasteiger charge is 2.56. The molecule has 0 radical (unpaired) electrons. The highest BCUT2D eigenvalue weighted by Crippen LogP contribution is 2.59. The summed E-state index contributed by atoms with van der Waals surface area (Å²) in [6, 6.07) is 23.5. The minimum Gasteiger partial charge on any atom is -0.453 e. The lowest BCUT2D eigenvalue weighted by Crippen LogP contribution is -2.51. The van der Waals surface area contributed by atoms with E-state index in [0.29, 0.717) is 6.54 Å². The summed E-state index contributed by atoms with van der Waals surface area (Å²) in [5, 5.41) is 2.75. The Labute approximate surface area is 345 Å². The molecule has 2 saturated carbocycles. The molecule has 3 aromatic carbocycles. The highest BCUT2D eigenvalue weighted by atomic mass is 16.5. The monoisotopic (exact) mass is 791 g/mol. The summed E-state index contributed by atoms with van der Waals surface area (Å²) in [5.74, 6) is 8.24. The van der Waals surface area contributed by atoms with Gasteiger partial charge in [0, 0.05) is 30.1 Å². The van der Waals surface area contributed by atoms with Crippen molar-refractivity contribution in [3.05, 3.63) is 107 Å². The number of aromatic amines is 2. The van der Waals surface area contributed by atoms with Crippen LogP contribution in [0.25, 0.3) is 22.3 Å². The van der Waals surface area contributed by atoms with Crippen LogP contribution in [0, 0.1) is 34.5 Å². The zero-order chi connectivity index (χ0) is 41.1. The molecule has 59 heavy (non-hydrogen) atoms. The standard InChI is InChI=1S/C48H53N7O4/c1-29(2)41(53-46(58)59-5)45(57)55-28-47(19-20-47)24-39(55)42-49-26-38(52-42)35-16-13-32(14-17-35)11-12-33-15-18-36-37(23-33)51-43(50-36)40-25-48(21-22-48)27-54(40)44(56)31(4)30(3)34-9-7-6-8-10-34/h6-10,13-18,23,26,29-31,39-41H,19-22,24-25,27-28H2,1-5H3,(H,49,52)(H,50,51)(H,53,58)/t30?,31-,39-,40-,41-/m0/s1. The first kappa shape index (κ1) is 38.6. The summed E-state index contributed by atoms with van der Waals surface area (Å²) in [7, 11) is 1.31. The molecule has 2 aromatic heterocycles. The molecule has 4 aliphatic rings. The first-order valence-electron chi connectivity index (χ1n) is 21.1. The number of amides is 3. The second-order valence-corrected chi connectivity index (χ2v) is 18.1. The number of hydrogen-bond acceptors (Lipinski definition) is 6. The number of fused-ring (bicyclic) bond motifs is 1. The third-order valence-electron chi connectivity index (χ3n) is 13.6. The fourth-order valence-electron chi connectivity index (χ4n) is 9.34. The van der Waals surface area contributed by atoms with Crippen LogP contribution in [0.3, 0.4) is 0 Å². The first-order chi connectivity index (χ1) is 28.4. The third kappa shape index (κ3) is 7.61. The number of carbonyl (C=O) groups is 3. The van der Waals surface area contributed by atoms with Gasteiger partial charge in [0.1, 0.15) is 17.7 Å². The minimum absolute atomic E-state index is 0.0659. The normalized spacial score (nSPS) is 21.3. The summed E-state index contributed by atoms with van der Waals surface area (Å²) in [5.41, 5.74) is 6.93. The van der Waals surface area contributed by atoms with Crippen molar-refractivity contribution in [3.63, 3.8) is 0 Å². The van der Waals surface area contributed by atoms with Crippen LogP contribution in [0.2, 0.25) is 0 Å². The van der Waals surface area contributed by atoms with E-state index in [9.17, 15) is 14.4 Å². The van der Waals surface area contributed by atoms with E-state index in [1.807, 2.05) is 85.6 Å². The average molecular weight is 792 g/mol. The van der Waals surface area contributed by atoms with Crippen molar-refractivity contribution in [2.45, 2.75) is 90.3 Å². The van der Waals surface area contributed by atoms with Gasteiger partial charge in [-0.25, -0.2) is 14.8 Å². The van der Waals surface area contributed by atoms with E-state index in [4.69, 9.17) is 14.7 Å². The smallest absolute Gasteiger partial charge is 0.407 e. The van der Waals surface area contributed by atoms with E-state index in [2.05, 4.69) is 58.0 Å². The zero-order valence-corrected chi connectivity index (χ0v) is 34.5. The fourth-order valence-corrected chi connectivity index (χ4v) is 9.34. The van der Waals surface area contributed by atoms with E-state index < -0.39 is 12.1 Å². The molecule has 3 amide bonds. The fraction of sp³-hybridized carbons (Fsp3) is 0.438. The van der Waals surface area contributed by atoms with Crippen molar-refractivity contribution in [3.8, 4) is 23.1 Å². The Morgan fingerprint density at radius 3 is 2.07 bits per heavy atom. The van der Waals surface area contributed by atoms with E-state index >= 15 is 0 Å². The molecule has 4 heterocycles. The van der Waals surface area contributed by atoms with Gasteiger partial charge < -0.3 is 29.8 Å². The molecular formula is C48H53N7O4. The highest BCUT2D eigenvalue weighted by molar-refractivity contribution is 5.87. The first-order valence-corrected chi connectivity index (χ1v) is 21.1. The zero-order valence-electron chi connectivity index (χ0n) is 34.5. The predicted molar refractivity (Wildman–Crippen MR) is 226 cm³/mol. The number of rotatable bonds is 9. The number of H-pyrrole nitrogens is 2. The molecule has 11 heteroatoms. The van der Waals surface area contributed by atoms with Crippen LogP contribution in [0.1, 0.15) is 113 Å². The quantitative estimate of drug-likeness (QED) is 0.129. The van der Waals surface area contributed by atoms with Crippen LogP contribution >= 0.6 is 0 Å². The van der Waals surface area contributed by atoms with Crippen LogP contribution in [0.4, 0.5) is 4.79 Å². The van der Waals surface area contributed by atoms with Crippen LogP contribution < -0.4 is 5.32 Å². The van der Waals surface area contributed by atoms with Gasteiger partial charge in [0.25, 0.3) is 0 Å². The second kappa shape index (κ2) is 15.0. The van der Waals surface area contributed by atoms with Crippen molar-refractivity contribution in [2.24, 2.45) is 22.7 Å². The number of imidazole rings is 2. The second-order valence-electron chi connectivity index (χ2n) is 18.1. The summed E-state index contributed by atoms with van der Waals surface area (Å²) in [6.07, 6.45) is 7.53. The van der Waals surface area contributed by atoms with Gasteiger partial charge in [0.05, 0.1) is 42.1 Å². The van der Waals surface area contributed by atoms with E-state index in [1.165, 1.54) is 25.5 Å². The lowest BCUT2D eigenvalue weighted by atomic mass is 9.88. The lowest BCUT2D eigenvalue weighted by Gasteiger charge is -2.30. The van der Waals surface area contributed by atoms with Crippen LogP contribution in [-0.2, 0) is 14.3 Å². The van der Waals surface area contributed by atoms with Gasteiger partial charge in [0.2, 0.25) is 11.8 Å². The lowest BCUT2D eigenvalue weighted by molar-refractivity contribution is -0.137. The maximum atomic E-state index is 14.1. The van der Waals surface area contributed by atoms with Crippen molar-refractivity contribution in [1.82, 2.24) is 35.1 Å². The number of benzene rings is 3.